The van der Waals surface area contributed by atoms with Crippen molar-refractivity contribution in [2.45, 2.75) is 18.4 Å². The summed E-state index contributed by atoms with van der Waals surface area (Å²) in [6, 6.07) is 9.41. The molecule has 2 N–H and O–H groups in total. The van der Waals surface area contributed by atoms with E-state index in [1.165, 1.54) is 18.3 Å². The van der Waals surface area contributed by atoms with Crippen LogP contribution in [0.15, 0.2) is 47.5 Å². The van der Waals surface area contributed by atoms with Crippen molar-refractivity contribution in [2.75, 3.05) is 4.72 Å². The molecule has 0 aliphatic heterocycles. The van der Waals surface area contributed by atoms with Crippen molar-refractivity contribution in [1.82, 2.24) is 4.98 Å². The lowest BCUT2D eigenvalue weighted by Gasteiger charge is -2.09. The van der Waals surface area contributed by atoms with Crippen LogP contribution in [0.2, 0.25) is 0 Å². The van der Waals surface area contributed by atoms with Gasteiger partial charge in [-0.3, -0.25) is 9.71 Å². The zero-order chi connectivity index (χ0) is 13.9. The third-order valence-corrected chi connectivity index (χ3v) is 3.92. The molecule has 1 aromatic carbocycles. The molecule has 0 atom stereocenters. The van der Waals surface area contributed by atoms with E-state index < -0.39 is 10.0 Å². The Labute approximate surface area is 112 Å². The van der Waals surface area contributed by atoms with Crippen LogP contribution in [0.5, 0.6) is 0 Å². The predicted molar refractivity (Wildman–Crippen MR) is 72.1 cm³/mol. The average molecular weight is 278 g/mol. The van der Waals surface area contributed by atoms with Gasteiger partial charge in [0, 0.05) is 11.9 Å². The fraction of sp³-hybridized carbons (Fsp3) is 0.154. The molecule has 0 spiro atoms. The van der Waals surface area contributed by atoms with Gasteiger partial charge in [-0.25, -0.2) is 8.42 Å². The minimum absolute atomic E-state index is 0.119. The van der Waals surface area contributed by atoms with Gasteiger partial charge in [0.15, 0.2) is 0 Å². The number of nitrogens with zero attached hydrogens (tertiary/aromatic N) is 1. The van der Waals surface area contributed by atoms with Gasteiger partial charge in [-0.2, -0.15) is 0 Å². The lowest BCUT2D eigenvalue weighted by Crippen LogP contribution is -2.13. The van der Waals surface area contributed by atoms with Gasteiger partial charge >= 0.3 is 0 Å². The van der Waals surface area contributed by atoms with E-state index in [1.54, 1.807) is 31.2 Å². The molecule has 0 aliphatic rings. The third-order valence-electron chi connectivity index (χ3n) is 2.54. The highest BCUT2D eigenvalue weighted by Gasteiger charge is 2.14. The molecule has 1 aromatic heterocycles. The van der Waals surface area contributed by atoms with E-state index in [0.29, 0.717) is 11.3 Å². The average Bonchev–Trinajstić information content (AvgIpc) is 2.38. The third kappa shape index (κ3) is 3.30. The van der Waals surface area contributed by atoms with Gasteiger partial charge in [0.2, 0.25) is 0 Å². The molecular formula is C13H14N2O3S. The van der Waals surface area contributed by atoms with Crippen molar-refractivity contribution in [3.05, 3.63) is 53.9 Å². The van der Waals surface area contributed by atoms with Gasteiger partial charge in [0.25, 0.3) is 10.0 Å². The van der Waals surface area contributed by atoms with Crippen LogP contribution in [0.4, 0.5) is 5.69 Å². The number of anilines is 1. The largest absolute Gasteiger partial charge is 0.392 e. The normalized spacial score (nSPS) is 11.3. The highest BCUT2D eigenvalue weighted by atomic mass is 32.2. The van der Waals surface area contributed by atoms with Crippen molar-refractivity contribution >= 4 is 15.7 Å². The van der Waals surface area contributed by atoms with Crippen molar-refractivity contribution in [2.24, 2.45) is 0 Å². The molecule has 0 saturated heterocycles. The van der Waals surface area contributed by atoms with E-state index in [9.17, 15) is 8.42 Å². The number of aryl methyl sites for hydroxylation is 1. The van der Waals surface area contributed by atoms with E-state index in [-0.39, 0.29) is 11.5 Å². The van der Waals surface area contributed by atoms with Crippen LogP contribution in [0.25, 0.3) is 0 Å². The summed E-state index contributed by atoms with van der Waals surface area (Å²) in [5.41, 5.74) is 1.74. The molecule has 19 heavy (non-hydrogen) atoms. The van der Waals surface area contributed by atoms with E-state index in [1.807, 2.05) is 0 Å². The fourth-order valence-corrected chi connectivity index (χ4v) is 2.75. The van der Waals surface area contributed by atoms with E-state index >= 15 is 0 Å². The van der Waals surface area contributed by atoms with Crippen LogP contribution in [-0.4, -0.2) is 18.5 Å². The molecule has 0 fully saturated rings. The number of hydrogen-bond acceptors (Lipinski definition) is 4. The summed E-state index contributed by atoms with van der Waals surface area (Å²) in [5, 5.41) is 9.03. The van der Waals surface area contributed by atoms with Crippen molar-refractivity contribution in [3.63, 3.8) is 0 Å². The molecule has 2 rings (SSSR count). The van der Waals surface area contributed by atoms with Crippen molar-refractivity contribution in [1.29, 1.82) is 0 Å². The Kier molecular flexibility index (Phi) is 3.82. The lowest BCUT2D eigenvalue weighted by molar-refractivity contribution is 0.281. The number of benzene rings is 1. The topological polar surface area (TPSA) is 79.3 Å². The SMILES string of the molecule is Cc1cc(NS(=O)(=O)c2cccc(CO)c2)ccn1. The maximum atomic E-state index is 12.2. The number of sulfonamides is 1. The van der Waals surface area contributed by atoms with Crippen LogP contribution < -0.4 is 4.72 Å². The van der Waals surface area contributed by atoms with Crippen LogP contribution in [0.3, 0.4) is 0 Å². The summed E-state index contributed by atoms with van der Waals surface area (Å²) >= 11 is 0. The predicted octanol–water partition coefficient (Wildman–Crippen LogP) is 1.68. The van der Waals surface area contributed by atoms with Gasteiger partial charge in [-0.1, -0.05) is 12.1 Å². The molecule has 0 saturated carbocycles. The Hall–Kier alpha value is -1.92. The van der Waals surface area contributed by atoms with Crippen molar-refractivity contribution < 1.29 is 13.5 Å². The molecule has 1 heterocycles. The molecule has 6 heteroatoms. The van der Waals surface area contributed by atoms with Crippen LogP contribution in [0, 0.1) is 6.92 Å². The molecule has 0 bridgehead atoms. The lowest BCUT2D eigenvalue weighted by atomic mass is 10.2. The second-order valence-electron chi connectivity index (χ2n) is 4.10. The van der Waals surface area contributed by atoms with Gasteiger partial charge in [0.1, 0.15) is 0 Å². The van der Waals surface area contributed by atoms with Gasteiger partial charge in [0.05, 0.1) is 17.2 Å². The van der Waals surface area contributed by atoms with E-state index in [0.717, 1.165) is 5.69 Å². The van der Waals surface area contributed by atoms with E-state index in [2.05, 4.69) is 9.71 Å². The first-order chi connectivity index (χ1) is 9.01. The summed E-state index contributed by atoms with van der Waals surface area (Å²) in [6.07, 6.45) is 1.54. The maximum Gasteiger partial charge on any atom is 0.261 e. The first kappa shape index (κ1) is 13.5. The number of hydrogen-bond donors (Lipinski definition) is 2. The van der Waals surface area contributed by atoms with Crippen molar-refractivity contribution in [3.8, 4) is 0 Å². The quantitative estimate of drug-likeness (QED) is 0.892. The molecule has 2 aromatic rings. The molecule has 0 radical (unpaired) electrons. The highest BCUT2D eigenvalue weighted by Crippen LogP contribution is 2.17. The Morgan fingerprint density at radius 3 is 2.74 bits per heavy atom. The fourth-order valence-electron chi connectivity index (χ4n) is 1.63. The summed E-state index contributed by atoms with van der Waals surface area (Å²) in [4.78, 5) is 4.12. The zero-order valence-corrected chi connectivity index (χ0v) is 11.2. The summed E-state index contributed by atoms with van der Waals surface area (Å²) in [7, 11) is -3.65. The highest BCUT2D eigenvalue weighted by molar-refractivity contribution is 7.92. The first-order valence-corrected chi connectivity index (χ1v) is 7.15. The number of pyridine rings is 1. The van der Waals surface area contributed by atoms with Crippen LogP contribution in [0.1, 0.15) is 11.3 Å². The Balaban J connectivity index is 2.32. The van der Waals surface area contributed by atoms with Gasteiger partial charge in [-0.05, 0) is 36.8 Å². The summed E-state index contributed by atoms with van der Waals surface area (Å²) in [5.74, 6) is 0. The minimum atomic E-state index is -3.65. The van der Waals surface area contributed by atoms with Gasteiger partial charge in [-0.15, -0.1) is 0 Å². The number of rotatable bonds is 4. The summed E-state index contributed by atoms with van der Waals surface area (Å²) < 4.78 is 26.8. The molecular weight excluding hydrogens is 264 g/mol. The van der Waals surface area contributed by atoms with Crippen LogP contribution >= 0.6 is 0 Å². The molecule has 100 valence electrons. The number of nitrogens with one attached hydrogen (secondary N) is 1. The van der Waals surface area contributed by atoms with Gasteiger partial charge < -0.3 is 5.11 Å². The maximum absolute atomic E-state index is 12.2. The number of aliphatic hydroxyl groups is 1. The monoisotopic (exact) mass is 278 g/mol. The molecule has 5 nitrogen and oxygen atoms in total. The number of aromatic nitrogens is 1. The van der Waals surface area contributed by atoms with Crippen LogP contribution in [-0.2, 0) is 16.6 Å². The summed E-state index contributed by atoms with van der Waals surface area (Å²) in [6.45, 7) is 1.59. The Morgan fingerprint density at radius 2 is 2.05 bits per heavy atom. The van der Waals surface area contributed by atoms with E-state index in [4.69, 9.17) is 5.11 Å². The second kappa shape index (κ2) is 5.38. The standard InChI is InChI=1S/C13H14N2O3S/c1-10-7-12(5-6-14-10)15-19(17,18)13-4-2-3-11(8-13)9-16/h2-8,16H,9H2,1H3,(H,14,15). The minimum Gasteiger partial charge on any atom is -0.392 e. The number of aliphatic hydroxyl groups excluding tert-OH is 1. The first-order valence-electron chi connectivity index (χ1n) is 5.66. The smallest absolute Gasteiger partial charge is 0.261 e. The molecule has 0 aliphatic carbocycles. The molecule has 0 unspecified atom stereocenters. The zero-order valence-electron chi connectivity index (χ0n) is 10.4. The second-order valence-corrected chi connectivity index (χ2v) is 5.78. The Bertz CT molecular complexity index is 684. The Morgan fingerprint density at radius 1 is 1.26 bits per heavy atom. The molecule has 0 amide bonds.